The van der Waals surface area contributed by atoms with Crippen molar-refractivity contribution in [3.05, 3.63) is 54.0 Å². The third-order valence-corrected chi connectivity index (χ3v) is 9.51. The number of carbonyl (C=O) groups is 1. The maximum Gasteiger partial charge on any atom is 0.287 e. The van der Waals surface area contributed by atoms with Crippen LogP contribution in [0.4, 0.5) is 0 Å². The van der Waals surface area contributed by atoms with Crippen molar-refractivity contribution < 1.29 is 17.6 Å². The largest absolute Gasteiger partial charge is 0.455 e. The van der Waals surface area contributed by atoms with E-state index in [0.29, 0.717) is 0 Å². The average molecular weight is 442 g/mol. The van der Waals surface area contributed by atoms with Gasteiger partial charge >= 0.3 is 0 Å². The molecule has 4 aliphatic carbocycles. The van der Waals surface area contributed by atoms with Crippen molar-refractivity contribution in [2.24, 2.45) is 23.2 Å². The van der Waals surface area contributed by atoms with E-state index in [1.54, 1.807) is 42.5 Å². The average Bonchev–Trinajstić information content (AvgIpc) is 3.19. The van der Waals surface area contributed by atoms with Gasteiger partial charge in [-0.15, -0.1) is 0 Å². The smallest absolute Gasteiger partial charge is 0.287 e. The second kappa shape index (κ2) is 7.80. The molecule has 4 aliphatic rings. The molecule has 6 heteroatoms. The quantitative estimate of drug-likeness (QED) is 0.658. The van der Waals surface area contributed by atoms with Crippen LogP contribution in [0.25, 0.3) is 0 Å². The summed E-state index contributed by atoms with van der Waals surface area (Å²) >= 11 is 0. The maximum absolute atomic E-state index is 13.0. The molecule has 5 nitrogen and oxygen atoms in total. The van der Waals surface area contributed by atoms with Crippen LogP contribution < -0.4 is 5.32 Å². The lowest BCUT2D eigenvalue weighted by molar-refractivity contribution is -0.0728. The molecule has 6 rings (SSSR count). The Morgan fingerprint density at radius 1 is 1.03 bits per heavy atom. The first-order chi connectivity index (χ1) is 14.9. The Balaban J connectivity index is 1.28. The van der Waals surface area contributed by atoms with Crippen LogP contribution in [0.2, 0.25) is 0 Å². The topological polar surface area (TPSA) is 76.4 Å². The van der Waals surface area contributed by atoms with Gasteiger partial charge in [-0.05, 0) is 92.4 Å². The fourth-order valence-corrected chi connectivity index (χ4v) is 8.27. The maximum atomic E-state index is 13.0. The molecule has 1 amide bonds. The van der Waals surface area contributed by atoms with Gasteiger partial charge in [-0.2, -0.15) is 0 Å². The summed E-state index contributed by atoms with van der Waals surface area (Å²) < 4.78 is 30.9. The van der Waals surface area contributed by atoms with Crippen LogP contribution in [0.5, 0.6) is 0 Å². The Bertz CT molecular complexity index is 1020. The summed E-state index contributed by atoms with van der Waals surface area (Å²) in [7, 11) is -3.51. The van der Waals surface area contributed by atoms with E-state index in [0.717, 1.165) is 24.2 Å². The molecule has 4 fully saturated rings. The van der Waals surface area contributed by atoms with Gasteiger partial charge in [0.05, 0.1) is 4.90 Å². The highest BCUT2D eigenvalue weighted by molar-refractivity contribution is 7.90. The van der Waals surface area contributed by atoms with Crippen LogP contribution in [-0.2, 0) is 15.6 Å². The van der Waals surface area contributed by atoms with E-state index in [1.807, 2.05) is 0 Å². The molecule has 4 saturated carbocycles. The van der Waals surface area contributed by atoms with Gasteiger partial charge in [-0.1, -0.05) is 25.1 Å². The van der Waals surface area contributed by atoms with Gasteiger partial charge in [0.1, 0.15) is 11.5 Å². The number of carbonyl (C=O) groups excluding carboxylic acids is 1. The second-order valence-corrected chi connectivity index (χ2v) is 12.0. The summed E-state index contributed by atoms with van der Waals surface area (Å²) in [5.41, 5.74) is 0.227. The summed E-state index contributed by atoms with van der Waals surface area (Å²) in [6, 6.07) is 11.7. The molecule has 31 heavy (non-hydrogen) atoms. The lowest BCUT2D eigenvalue weighted by Crippen LogP contribution is -2.56. The van der Waals surface area contributed by atoms with Crippen LogP contribution in [0.3, 0.4) is 0 Å². The van der Waals surface area contributed by atoms with E-state index in [4.69, 9.17) is 4.42 Å². The molecule has 0 saturated heterocycles. The van der Waals surface area contributed by atoms with Crippen LogP contribution in [-0.4, -0.2) is 20.4 Å². The highest BCUT2D eigenvalue weighted by Crippen LogP contribution is 2.61. The van der Waals surface area contributed by atoms with Crippen molar-refractivity contribution in [3.63, 3.8) is 0 Å². The monoisotopic (exact) mass is 441 g/mol. The molecule has 1 heterocycles. The Hall–Kier alpha value is -2.08. The van der Waals surface area contributed by atoms with E-state index >= 15 is 0 Å². The molecule has 4 bridgehead atoms. The molecular weight excluding hydrogens is 410 g/mol. The van der Waals surface area contributed by atoms with Gasteiger partial charge in [0.25, 0.3) is 5.91 Å². The fraction of sp³-hybridized carbons (Fsp3) is 0.560. The van der Waals surface area contributed by atoms with Crippen molar-refractivity contribution in [3.8, 4) is 0 Å². The van der Waals surface area contributed by atoms with E-state index in [2.05, 4.69) is 12.2 Å². The SMILES string of the molecule is CCC(NC(=O)c1ccc(CS(=O)(=O)c2ccccc2)o1)C12CC3CC(CC(C3)C1)C2. The predicted molar refractivity (Wildman–Crippen MR) is 118 cm³/mol. The molecule has 0 radical (unpaired) electrons. The summed E-state index contributed by atoms with van der Waals surface area (Å²) in [5.74, 6) is 2.49. The minimum atomic E-state index is -3.51. The first-order valence-electron chi connectivity index (χ1n) is 11.5. The molecular formula is C25H31NO4S. The normalized spacial score (nSPS) is 30.3. The molecule has 1 atom stereocenters. The standard InChI is InChI=1S/C25H31NO4S/c1-2-23(25-13-17-10-18(14-25)12-19(11-17)15-25)26-24(27)22-9-8-20(30-22)16-31(28,29)21-6-4-3-5-7-21/h3-9,17-19,23H,2,10-16H2,1H3,(H,26,27). The molecule has 1 aromatic heterocycles. The zero-order chi connectivity index (χ0) is 21.6. The Kier molecular flexibility index (Phi) is 5.24. The van der Waals surface area contributed by atoms with Gasteiger partial charge in [0.15, 0.2) is 15.6 Å². The van der Waals surface area contributed by atoms with Crippen LogP contribution in [0.1, 0.15) is 68.2 Å². The van der Waals surface area contributed by atoms with Gasteiger partial charge in [0, 0.05) is 6.04 Å². The number of rotatable bonds is 7. The van der Waals surface area contributed by atoms with E-state index in [-0.39, 0.29) is 39.5 Å². The van der Waals surface area contributed by atoms with Crippen molar-refractivity contribution in [1.29, 1.82) is 0 Å². The lowest BCUT2D eigenvalue weighted by atomic mass is 9.47. The van der Waals surface area contributed by atoms with E-state index in [9.17, 15) is 13.2 Å². The first kappa shape index (κ1) is 20.8. The number of furan rings is 1. The molecule has 1 unspecified atom stereocenters. The summed E-state index contributed by atoms with van der Waals surface area (Å²) in [6.45, 7) is 2.16. The molecule has 0 spiro atoms. The number of hydrogen-bond donors (Lipinski definition) is 1. The third-order valence-electron chi connectivity index (χ3n) is 7.86. The number of nitrogens with one attached hydrogen (secondary N) is 1. The van der Waals surface area contributed by atoms with E-state index < -0.39 is 9.84 Å². The van der Waals surface area contributed by atoms with Gasteiger partial charge in [-0.3, -0.25) is 4.79 Å². The van der Waals surface area contributed by atoms with E-state index in [1.165, 1.54) is 38.5 Å². The van der Waals surface area contributed by atoms with Gasteiger partial charge in [-0.25, -0.2) is 8.42 Å². The predicted octanol–water partition coefficient (Wildman–Crippen LogP) is 4.98. The highest BCUT2D eigenvalue weighted by atomic mass is 32.2. The van der Waals surface area contributed by atoms with Gasteiger partial charge in [0.2, 0.25) is 0 Å². The second-order valence-electron chi connectivity index (χ2n) is 10.1. The number of sulfone groups is 1. The third kappa shape index (κ3) is 3.95. The summed E-state index contributed by atoms with van der Waals surface area (Å²) in [5, 5.41) is 3.27. The first-order valence-corrected chi connectivity index (χ1v) is 13.2. The van der Waals surface area contributed by atoms with Crippen molar-refractivity contribution in [1.82, 2.24) is 5.32 Å². The van der Waals surface area contributed by atoms with Crippen molar-refractivity contribution in [2.45, 2.75) is 68.6 Å². The summed E-state index contributed by atoms with van der Waals surface area (Å²) in [6.07, 6.45) is 8.74. The Morgan fingerprint density at radius 3 is 2.23 bits per heavy atom. The molecule has 166 valence electrons. The Labute approximate surface area is 184 Å². The van der Waals surface area contributed by atoms with Crippen LogP contribution in [0, 0.1) is 23.2 Å². The lowest BCUT2D eigenvalue weighted by Gasteiger charge is -2.59. The molecule has 1 N–H and O–H groups in total. The van der Waals surface area contributed by atoms with Crippen LogP contribution in [0.15, 0.2) is 51.8 Å². The summed E-state index contributed by atoms with van der Waals surface area (Å²) in [4.78, 5) is 13.3. The van der Waals surface area contributed by atoms with Gasteiger partial charge < -0.3 is 9.73 Å². The number of amides is 1. The zero-order valence-corrected chi connectivity index (χ0v) is 18.9. The fourth-order valence-electron chi connectivity index (χ4n) is 7.00. The number of hydrogen-bond acceptors (Lipinski definition) is 4. The van der Waals surface area contributed by atoms with Crippen molar-refractivity contribution >= 4 is 15.7 Å². The zero-order valence-electron chi connectivity index (χ0n) is 18.0. The molecule has 1 aromatic carbocycles. The molecule has 0 aliphatic heterocycles. The highest BCUT2D eigenvalue weighted by Gasteiger charge is 2.54. The minimum Gasteiger partial charge on any atom is -0.455 e. The van der Waals surface area contributed by atoms with Crippen LogP contribution >= 0.6 is 0 Å². The van der Waals surface area contributed by atoms with Crippen molar-refractivity contribution in [2.75, 3.05) is 0 Å². The minimum absolute atomic E-state index is 0.148. The molecule has 2 aromatic rings. The number of benzene rings is 1. The Morgan fingerprint density at radius 2 is 1.65 bits per heavy atom.